The summed E-state index contributed by atoms with van der Waals surface area (Å²) in [5.74, 6) is -0.192. The third kappa shape index (κ3) is 5.04. The Kier molecular flexibility index (Phi) is 5.35. The average molecular weight is 372 g/mol. The Morgan fingerprint density at radius 2 is 1.74 bits per heavy atom. The van der Waals surface area contributed by atoms with Crippen LogP contribution in [0.15, 0.2) is 67.0 Å². The predicted molar refractivity (Wildman–Crippen MR) is 94.4 cm³/mol. The molecule has 1 aromatic heterocycles. The van der Waals surface area contributed by atoms with Crippen molar-refractivity contribution in [3.05, 3.63) is 83.8 Å². The molecule has 1 heterocycles. The number of benzene rings is 2. The van der Waals surface area contributed by atoms with Gasteiger partial charge in [-0.1, -0.05) is 36.4 Å². The van der Waals surface area contributed by atoms with Crippen LogP contribution >= 0.6 is 0 Å². The molecule has 0 aliphatic heterocycles. The van der Waals surface area contributed by atoms with Crippen molar-refractivity contribution in [3.8, 4) is 0 Å². The van der Waals surface area contributed by atoms with Gasteiger partial charge in [-0.3, -0.25) is 4.79 Å². The Bertz CT molecular complexity index is 929. The van der Waals surface area contributed by atoms with Gasteiger partial charge in [-0.05, 0) is 23.8 Å². The monoisotopic (exact) mass is 372 g/mol. The van der Waals surface area contributed by atoms with Crippen LogP contribution in [0.5, 0.6) is 0 Å². The number of hydrogen-bond donors (Lipinski definition) is 2. The molecule has 2 N–H and O–H groups in total. The third-order valence-electron chi connectivity index (χ3n) is 3.66. The van der Waals surface area contributed by atoms with E-state index in [9.17, 15) is 18.0 Å². The largest absolute Gasteiger partial charge is 0.416 e. The van der Waals surface area contributed by atoms with E-state index < -0.39 is 17.6 Å². The summed E-state index contributed by atoms with van der Waals surface area (Å²) in [5.41, 5.74) is 0.471. The first-order valence-electron chi connectivity index (χ1n) is 8.00. The van der Waals surface area contributed by atoms with Crippen LogP contribution < -0.4 is 10.6 Å². The zero-order chi connectivity index (χ0) is 19.3. The molecule has 0 atom stereocenters. The summed E-state index contributed by atoms with van der Waals surface area (Å²) in [4.78, 5) is 20.1. The minimum atomic E-state index is -4.44. The number of aromatic nitrogens is 2. The molecule has 0 saturated heterocycles. The highest BCUT2D eigenvalue weighted by Gasteiger charge is 2.30. The minimum Gasteiger partial charge on any atom is -0.347 e. The van der Waals surface area contributed by atoms with E-state index in [1.54, 1.807) is 0 Å². The van der Waals surface area contributed by atoms with Crippen molar-refractivity contribution in [2.45, 2.75) is 12.7 Å². The molecule has 5 nitrogen and oxygen atoms in total. The number of carbonyl (C=O) groups excluding carboxylic acids is 1. The Balaban J connectivity index is 1.69. The number of nitrogens with one attached hydrogen (secondary N) is 2. The summed E-state index contributed by atoms with van der Waals surface area (Å²) in [6.45, 7) is 0.333. The molecule has 0 radical (unpaired) electrons. The van der Waals surface area contributed by atoms with Crippen molar-refractivity contribution in [1.82, 2.24) is 15.3 Å². The number of hydrogen-bond acceptors (Lipinski definition) is 4. The lowest BCUT2D eigenvalue weighted by atomic mass is 10.2. The maximum absolute atomic E-state index is 12.8. The molecule has 138 valence electrons. The van der Waals surface area contributed by atoms with Gasteiger partial charge in [0, 0.05) is 18.3 Å². The van der Waals surface area contributed by atoms with Crippen molar-refractivity contribution in [2.75, 3.05) is 5.32 Å². The number of anilines is 2. The van der Waals surface area contributed by atoms with Crippen molar-refractivity contribution >= 4 is 17.4 Å². The van der Waals surface area contributed by atoms with Crippen LogP contribution in [0.2, 0.25) is 0 Å². The zero-order valence-electron chi connectivity index (χ0n) is 14.0. The van der Waals surface area contributed by atoms with E-state index in [0.29, 0.717) is 6.54 Å². The predicted octanol–water partition coefficient (Wildman–Crippen LogP) is 4.17. The molecular weight excluding hydrogens is 357 g/mol. The van der Waals surface area contributed by atoms with E-state index in [2.05, 4.69) is 20.6 Å². The molecule has 0 unspecified atom stereocenters. The average Bonchev–Trinajstić information content (AvgIpc) is 2.67. The maximum Gasteiger partial charge on any atom is 0.416 e. The number of nitrogens with zero attached hydrogens (tertiary/aromatic N) is 2. The summed E-state index contributed by atoms with van der Waals surface area (Å²) in [6, 6.07) is 15.5. The zero-order valence-corrected chi connectivity index (χ0v) is 14.0. The molecule has 3 rings (SSSR count). The van der Waals surface area contributed by atoms with Gasteiger partial charge in [0.15, 0.2) is 0 Å². The summed E-state index contributed by atoms with van der Waals surface area (Å²) >= 11 is 0. The van der Waals surface area contributed by atoms with Crippen LogP contribution in [-0.4, -0.2) is 15.9 Å². The van der Waals surface area contributed by atoms with Crippen LogP contribution in [0.3, 0.4) is 0 Å². The standard InChI is InChI=1S/C19H15F3N4O/c20-19(21,22)14-7-4-8-15(9-14)26-17-10-16(24-12-25-17)18(27)23-11-13-5-2-1-3-6-13/h1-10,12H,11H2,(H,23,27)(H,24,25,26). The highest BCUT2D eigenvalue weighted by molar-refractivity contribution is 5.92. The topological polar surface area (TPSA) is 66.9 Å². The van der Waals surface area contributed by atoms with Crippen molar-refractivity contribution in [2.24, 2.45) is 0 Å². The second-order valence-electron chi connectivity index (χ2n) is 5.66. The Labute approximate surface area is 153 Å². The second-order valence-corrected chi connectivity index (χ2v) is 5.66. The molecule has 0 spiro atoms. The van der Waals surface area contributed by atoms with Crippen LogP contribution in [0.25, 0.3) is 0 Å². The molecule has 3 aromatic rings. The van der Waals surface area contributed by atoms with Gasteiger partial charge in [0.05, 0.1) is 5.56 Å². The highest BCUT2D eigenvalue weighted by atomic mass is 19.4. The van der Waals surface area contributed by atoms with Gasteiger partial charge < -0.3 is 10.6 Å². The first-order valence-corrected chi connectivity index (χ1v) is 8.00. The van der Waals surface area contributed by atoms with Gasteiger partial charge >= 0.3 is 6.18 Å². The van der Waals surface area contributed by atoms with Crippen LogP contribution in [0, 0.1) is 0 Å². The molecule has 2 aromatic carbocycles. The van der Waals surface area contributed by atoms with Crippen LogP contribution in [0.4, 0.5) is 24.7 Å². The maximum atomic E-state index is 12.8. The second kappa shape index (κ2) is 7.86. The summed E-state index contributed by atoms with van der Waals surface area (Å²) in [6.07, 6.45) is -3.26. The quantitative estimate of drug-likeness (QED) is 0.706. The van der Waals surface area contributed by atoms with Gasteiger partial charge in [0.2, 0.25) is 0 Å². The number of amides is 1. The third-order valence-corrected chi connectivity index (χ3v) is 3.66. The van der Waals surface area contributed by atoms with E-state index in [4.69, 9.17) is 0 Å². The lowest BCUT2D eigenvalue weighted by molar-refractivity contribution is -0.137. The fourth-order valence-corrected chi connectivity index (χ4v) is 2.34. The van der Waals surface area contributed by atoms with Gasteiger partial charge in [-0.2, -0.15) is 13.2 Å². The normalized spacial score (nSPS) is 11.1. The molecule has 0 aliphatic rings. The first-order chi connectivity index (χ1) is 12.9. The molecule has 8 heteroatoms. The molecule has 0 saturated carbocycles. The molecule has 27 heavy (non-hydrogen) atoms. The molecular formula is C19H15F3N4O. The van der Waals surface area contributed by atoms with Gasteiger partial charge in [-0.25, -0.2) is 9.97 Å². The summed E-state index contributed by atoms with van der Waals surface area (Å²) in [5, 5.41) is 5.48. The molecule has 1 amide bonds. The van der Waals surface area contributed by atoms with Crippen LogP contribution in [-0.2, 0) is 12.7 Å². The van der Waals surface area contributed by atoms with Crippen LogP contribution in [0.1, 0.15) is 21.6 Å². The van der Waals surface area contributed by atoms with E-state index in [-0.39, 0.29) is 17.2 Å². The molecule has 0 fully saturated rings. The lowest BCUT2D eigenvalue weighted by Crippen LogP contribution is -2.24. The highest BCUT2D eigenvalue weighted by Crippen LogP contribution is 2.31. The smallest absolute Gasteiger partial charge is 0.347 e. The van der Waals surface area contributed by atoms with Crippen molar-refractivity contribution < 1.29 is 18.0 Å². The lowest BCUT2D eigenvalue weighted by Gasteiger charge is -2.10. The van der Waals surface area contributed by atoms with E-state index in [0.717, 1.165) is 17.7 Å². The van der Waals surface area contributed by atoms with Crippen molar-refractivity contribution in [1.29, 1.82) is 0 Å². The Hall–Kier alpha value is -3.42. The number of alkyl halides is 3. The number of halogens is 3. The first kappa shape index (κ1) is 18.4. The van der Waals surface area contributed by atoms with E-state index >= 15 is 0 Å². The minimum absolute atomic E-state index is 0.107. The fourth-order valence-electron chi connectivity index (χ4n) is 2.34. The van der Waals surface area contributed by atoms with E-state index in [1.165, 1.54) is 24.5 Å². The summed E-state index contributed by atoms with van der Waals surface area (Å²) < 4.78 is 38.4. The van der Waals surface area contributed by atoms with Crippen molar-refractivity contribution in [3.63, 3.8) is 0 Å². The Morgan fingerprint density at radius 3 is 2.48 bits per heavy atom. The van der Waals surface area contributed by atoms with Gasteiger partial charge in [0.25, 0.3) is 5.91 Å². The number of carbonyl (C=O) groups is 1. The SMILES string of the molecule is O=C(NCc1ccccc1)c1cc(Nc2cccc(C(F)(F)F)c2)ncn1. The van der Waals surface area contributed by atoms with Gasteiger partial charge in [-0.15, -0.1) is 0 Å². The van der Waals surface area contributed by atoms with E-state index in [1.807, 2.05) is 30.3 Å². The fraction of sp³-hybridized carbons (Fsp3) is 0.105. The molecule has 0 bridgehead atoms. The summed E-state index contributed by atoms with van der Waals surface area (Å²) in [7, 11) is 0. The number of rotatable bonds is 5. The van der Waals surface area contributed by atoms with Gasteiger partial charge in [0.1, 0.15) is 17.8 Å². The Morgan fingerprint density at radius 1 is 0.963 bits per heavy atom. The molecule has 0 aliphatic carbocycles.